The molecule has 0 bridgehead atoms. The summed E-state index contributed by atoms with van der Waals surface area (Å²) >= 11 is 0. The van der Waals surface area contributed by atoms with Gasteiger partial charge in [-0.2, -0.15) is 0 Å². The lowest BCUT2D eigenvalue weighted by atomic mass is 9.93. The Hall–Kier alpha value is -3.35. The number of pyridine rings is 2. The van der Waals surface area contributed by atoms with E-state index in [4.69, 9.17) is 4.98 Å². The number of likely N-dealkylation sites (tertiary alicyclic amines) is 1. The van der Waals surface area contributed by atoms with Crippen molar-refractivity contribution in [1.82, 2.24) is 24.8 Å². The topological polar surface area (TPSA) is 83.9 Å². The third kappa shape index (κ3) is 4.49. The molecule has 1 amide bonds. The molecule has 4 heterocycles. The number of piperidine rings is 1. The van der Waals surface area contributed by atoms with Gasteiger partial charge in [0.15, 0.2) is 0 Å². The van der Waals surface area contributed by atoms with Crippen molar-refractivity contribution in [2.24, 2.45) is 5.92 Å². The monoisotopic (exact) mass is 374 g/mol. The first kappa shape index (κ1) is 18.0. The summed E-state index contributed by atoms with van der Waals surface area (Å²) in [6.45, 7) is 1.50. The molecule has 1 aliphatic rings. The Morgan fingerprint density at radius 1 is 1.07 bits per heavy atom. The van der Waals surface area contributed by atoms with Crippen LogP contribution in [0.2, 0.25) is 0 Å². The summed E-state index contributed by atoms with van der Waals surface area (Å²) in [4.78, 5) is 31.5. The highest BCUT2D eigenvalue weighted by Crippen LogP contribution is 2.22. The van der Waals surface area contributed by atoms with Gasteiger partial charge in [-0.25, -0.2) is 19.9 Å². The van der Waals surface area contributed by atoms with E-state index in [1.54, 1.807) is 18.5 Å². The van der Waals surface area contributed by atoms with Gasteiger partial charge in [0.2, 0.25) is 0 Å². The van der Waals surface area contributed by atoms with Crippen molar-refractivity contribution in [1.29, 1.82) is 0 Å². The molecule has 1 fully saturated rings. The molecular weight excluding hydrogens is 352 g/mol. The fraction of sp³-hybridized carbons (Fsp3) is 0.286. The minimum Gasteiger partial charge on any atom is -0.337 e. The summed E-state index contributed by atoms with van der Waals surface area (Å²) in [6, 6.07) is 13.4. The van der Waals surface area contributed by atoms with E-state index in [1.165, 1.54) is 6.33 Å². The Balaban J connectivity index is 1.40. The van der Waals surface area contributed by atoms with Crippen LogP contribution >= 0.6 is 0 Å². The fourth-order valence-corrected chi connectivity index (χ4v) is 3.52. The van der Waals surface area contributed by atoms with E-state index in [0.29, 0.717) is 11.6 Å². The van der Waals surface area contributed by atoms with Crippen molar-refractivity contribution in [3.63, 3.8) is 0 Å². The van der Waals surface area contributed by atoms with Gasteiger partial charge in [0, 0.05) is 31.2 Å². The molecule has 0 saturated carbocycles. The zero-order valence-electron chi connectivity index (χ0n) is 15.5. The van der Waals surface area contributed by atoms with Crippen LogP contribution in [-0.4, -0.2) is 43.8 Å². The number of carbonyl (C=O) groups excluding carboxylic acids is 1. The Morgan fingerprint density at radius 2 is 2.00 bits per heavy atom. The molecular formula is C21H22N6O. The highest BCUT2D eigenvalue weighted by Gasteiger charge is 2.25. The van der Waals surface area contributed by atoms with E-state index in [1.807, 2.05) is 41.3 Å². The largest absolute Gasteiger partial charge is 0.337 e. The second-order valence-corrected chi connectivity index (χ2v) is 6.91. The van der Waals surface area contributed by atoms with Gasteiger partial charge in [-0.3, -0.25) is 4.79 Å². The lowest BCUT2D eigenvalue weighted by Crippen LogP contribution is -2.40. The van der Waals surface area contributed by atoms with Crippen LogP contribution in [0, 0.1) is 5.92 Å². The number of anilines is 2. The van der Waals surface area contributed by atoms with Crippen LogP contribution in [-0.2, 0) is 6.42 Å². The standard InChI is InChI=1S/C21H22N6O/c28-21(18-9-11-22-15-24-18)27-12-4-5-16(14-27)13-17-6-3-8-20(25-17)26-19-7-1-2-10-23-19/h1-3,6-11,15-16H,4-5,12-14H2,(H,23,25,26)/t16-/m0/s1. The second-order valence-electron chi connectivity index (χ2n) is 6.91. The summed E-state index contributed by atoms with van der Waals surface area (Å²) in [6.07, 6.45) is 7.69. The molecule has 0 unspecified atom stereocenters. The maximum atomic E-state index is 12.7. The van der Waals surface area contributed by atoms with Crippen molar-refractivity contribution >= 4 is 17.5 Å². The molecule has 7 heteroatoms. The number of hydrogen-bond donors (Lipinski definition) is 1. The summed E-state index contributed by atoms with van der Waals surface area (Å²) in [5.41, 5.74) is 1.47. The molecule has 0 aromatic carbocycles. The van der Waals surface area contributed by atoms with Gasteiger partial charge in [0.25, 0.3) is 5.91 Å². The van der Waals surface area contributed by atoms with Gasteiger partial charge in [-0.1, -0.05) is 12.1 Å². The van der Waals surface area contributed by atoms with Crippen molar-refractivity contribution in [3.05, 3.63) is 72.6 Å². The minimum absolute atomic E-state index is 0.0226. The van der Waals surface area contributed by atoms with Crippen LogP contribution in [0.3, 0.4) is 0 Å². The molecule has 4 rings (SSSR count). The zero-order valence-corrected chi connectivity index (χ0v) is 15.5. The van der Waals surface area contributed by atoms with Gasteiger partial charge in [-0.15, -0.1) is 0 Å². The quantitative estimate of drug-likeness (QED) is 0.739. The minimum atomic E-state index is -0.0226. The Kier molecular flexibility index (Phi) is 5.51. The number of rotatable bonds is 5. The van der Waals surface area contributed by atoms with E-state index in [2.05, 4.69) is 20.3 Å². The first-order chi connectivity index (χ1) is 13.8. The number of aromatic nitrogens is 4. The van der Waals surface area contributed by atoms with Crippen LogP contribution in [0.4, 0.5) is 11.6 Å². The molecule has 1 atom stereocenters. The average Bonchev–Trinajstić information content (AvgIpc) is 2.75. The molecule has 3 aromatic heterocycles. The summed E-state index contributed by atoms with van der Waals surface area (Å²) in [5, 5.41) is 3.23. The second kappa shape index (κ2) is 8.56. The van der Waals surface area contributed by atoms with Gasteiger partial charge in [0.05, 0.1) is 0 Å². The van der Waals surface area contributed by atoms with Crippen LogP contribution in [0.1, 0.15) is 29.0 Å². The van der Waals surface area contributed by atoms with Gasteiger partial charge in [-0.05, 0) is 55.5 Å². The van der Waals surface area contributed by atoms with Crippen LogP contribution in [0.25, 0.3) is 0 Å². The number of amides is 1. The predicted octanol–water partition coefficient (Wildman–Crippen LogP) is 3.11. The molecule has 142 valence electrons. The summed E-state index contributed by atoms with van der Waals surface area (Å²) in [5.74, 6) is 1.91. The molecule has 0 spiro atoms. The smallest absolute Gasteiger partial charge is 0.272 e. The maximum absolute atomic E-state index is 12.7. The third-order valence-corrected chi connectivity index (χ3v) is 4.83. The zero-order chi connectivity index (χ0) is 19.2. The van der Waals surface area contributed by atoms with Gasteiger partial charge >= 0.3 is 0 Å². The van der Waals surface area contributed by atoms with E-state index in [-0.39, 0.29) is 5.91 Å². The molecule has 1 N–H and O–H groups in total. The Morgan fingerprint density at radius 3 is 2.82 bits per heavy atom. The molecule has 28 heavy (non-hydrogen) atoms. The molecule has 1 aliphatic heterocycles. The third-order valence-electron chi connectivity index (χ3n) is 4.83. The molecule has 3 aromatic rings. The van der Waals surface area contributed by atoms with Gasteiger partial charge in [0.1, 0.15) is 23.7 Å². The molecule has 1 saturated heterocycles. The number of nitrogens with zero attached hydrogens (tertiary/aromatic N) is 5. The van der Waals surface area contributed by atoms with Crippen molar-refractivity contribution in [2.45, 2.75) is 19.3 Å². The fourth-order valence-electron chi connectivity index (χ4n) is 3.52. The normalized spacial score (nSPS) is 16.6. The molecule has 0 radical (unpaired) electrons. The summed E-state index contributed by atoms with van der Waals surface area (Å²) in [7, 11) is 0. The van der Waals surface area contributed by atoms with E-state index in [0.717, 1.165) is 49.7 Å². The number of carbonyl (C=O) groups is 1. The highest BCUT2D eigenvalue weighted by molar-refractivity contribution is 5.92. The van der Waals surface area contributed by atoms with E-state index in [9.17, 15) is 4.79 Å². The molecule has 0 aliphatic carbocycles. The molecule has 7 nitrogen and oxygen atoms in total. The van der Waals surface area contributed by atoms with Crippen LogP contribution in [0.15, 0.2) is 61.2 Å². The average molecular weight is 374 g/mol. The lowest BCUT2D eigenvalue weighted by Gasteiger charge is -2.32. The lowest BCUT2D eigenvalue weighted by molar-refractivity contribution is 0.0666. The maximum Gasteiger partial charge on any atom is 0.272 e. The first-order valence-electron chi connectivity index (χ1n) is 9.47. The van der Waals surface area contributed by atoms with E-state index < -0.39 is 0 Å². The first-order valence-corrected chi connectivity index (χ1v) is 9.47. The number of hydrogen-bond acceptors (Lipinski definition) is 6. The van der Waals surface area contributed by atoms with Crippen LogP contribution < -0.4 is 5.32 Å². The van der Waals surface area contributed by atoms with Crippen molar-refractivity contribution in [3.8, 4) is 0 Å². The SMILES string of the molecule is O=C(c1ccncn1)N1CCC[C@@H](Cc2cccc(Nc3ccccn3)n2)C1. The summed E-state index contributed by atoms with van der Waals surface area (Å²) < 4.78 is 0. The van der Waals surface area contributed by atoms with Crippen molar-refractivity contribution in [2.75, 3.05) is 18.4 Å². The number of nitrogens with one attached hydrogen (secondary N) is 1. The predicted molar refractivity (Wildman–Crippen MR) is 106 cm³/mol. The highest BCUT2D eigenvalue weighted by atomic mass is 16.2. The van der Waals surface area contributed by atoms with Gasteiger partial charge < -0.3 is 10.2 Å². The Labute approximate surface area is 163 Å². The van der Waals surface area contributed by atoms with Crippen LogP contribution in [0.5, 0.6) is 0 Å². The van der Waals surface area contributed by atoms with Crippen molar-refractivity contribution < 1.29 is 4.79 Å². The Bertz CT molecular complexity index is 918. The van der Waals surface area contributed by atoms with E-state index >= 15 is 0 Å².